The SMILES string of the molecule is O=C(NCc1ccccc1)c1ccc(-n2[nH]cc(-n3ccc(=O)cc3)c2=O)nc1. The lowest BCUT2D eigenvalue weighted by atomic mass is 10.2. The van der Waals surface area contributed by atoms with Crippen LogP contribution in [0.25, 0.3) is 11.5 Å². The van der Waals surface area contributed by atoms with E-state index < -0.39 is 0 Å². The van der Waals surface area contributed by atoms with Gasteiger partial charge in [-0.3, -0.25) is 19.5 Å². The van der Waals surface area contributed by atoms with Crippen LogP contribution in [0, 0.1) is 0 Å². The summed E-state index contributed by atoms with van der Waals surface area (Å²) in [4.78, 5) is 40.4. The fourth-order valence-electron chi connectivity index (χ4n) is 2.82. The molecular formula is C21H17N5O3. The molecule has 0 bridgehead atoms. The van der Waals surface area contributed by atoms with Gasteiger partial charge in [-0.15, -0.1) is 0 Å². The highest BCUT2D eigenvalue weighted by Crippen LogP contribution is 2.06. The zero-order chi connectivity index (χ0) is 20.2. The summed E-state index contributed by atoms with van der Waals surface area (Å²) in [7, 11) is 0. The fourth-order valence-corrected chi connectivity index (χ4v) is 2.82. The molecule has 1 aromatic carbocycles. The molecule has 0 unspecified atom stereocenters. The highest BCUT2D eigenvalue weighted by molar-refractivity contribution is 5.93. The maximum absolute atomic E-state index is 12.6. The van der Waals surface area contributed by atoms with Crippen molar-refractivity contribution >= 4 is 5.91 Å². The molecule has 0 aliphatic heterocycles. The van der Waals surface area contributed by atoms with Crippen LogP contribution in [-0.4, -0.2) is 25.2 Å². The Kier molecular flexibility index (Phi) is 4.90. The van der Waals surface area contributed by atoms with Crippen molar-refractivity contribution in [1.29, 1.82) is 0 Å². The molecular weight excluding hydrogens is 370 g/mol. The average molecular weight is 387 g/mol. The maximum atomic E-state index is 12.6. The van der Waals surface area contributed by atoms with Crippen molar-refractivity contribution in [2.75, 3.05) is 0 Å². The molecule has 8 nitrogen and oxygen atoms in total. The van der Waals surface area contributed by atoms with Gasteiger partial charge in [0.05, 0.1) is 5.56 Å². The molecule has 8 heteroatoms. The lowest BCUT2D eigenvalue weighted by molar-refractivity contribution is 0.0950. The number of carbonyl (C=O) groups is 1. The van der Waals surface area contributed by atoms with Crippen molar-refractivity contribution in [2.45, 2.75) is 6.54 Å². The first kappa shape index (κ1) is 18.2. The Morgan fingerprint density at radius 3 is 2.45 bits per heavy atom. The summed E-state index contributed by atoms with van der Waals surface area (Å²) >= 11 is 0. The molecule has 4 rings (SSSR count). The first-order chi connectivity index (χ1) is 14.1. The molecule has 0 aliphatic carbocycles. The second-order valence-electron chi connectivity index (χ2n) is 6.31. The number of nitrogens with one attached hydrogen (secondary N) is 2. The number of hydrogen-bond donors (Lipinski definition) is 2. The first-order valence-electron chi connectivity index (χ1n) is 8.89. The standard InChI is InChI=1S/C21H17N5O3/c27-17-8-10-25(11-9-17)18-14-24-26(21(18)29)19-7-6-16(13-22-19)20(28)23-12-15-4-2-1-3-5-15/h1-11,13-14,24H,12H2,(H,23,28). The highest BCUT2D eigenvalue weighted by Gasteiger charge is 2.11. The number of aromatic nitrogens is 4. The molecule has 29 heavy (non-hydrogen) atoms. The van der Waals surface area contributed by atoms with E-state index in [4.69, 9.17) is 0 Å². The van der Waals surface area contributed by atoms with Crippen LogP contribution in [0.1, 0.15) is 15.9 Å². The quantitative estimate of drug-likeness (QED) is 0.543. The van der Waals surface area contributed by atoms with E-state index in [9.17, 15) is 14.4 Å². The average Bonchev–Trinajstić information content (AvgIpc) is 3.15. The van der Waals surface area contributed by atoms with Gasteiger partial charge >= 0.3 is 0 Å². The third-order valence-electron chi connectivity index (χ3n) is 4.36. The molecule has 0 aliphatic rings. The largest absolute Gasteiger partial charge is 0.348 e. The fraction of sp³-hybridized carbons (Fsp3) is 0.0476. The number of amides is 1. The van der Waals surface area contributed by atoms with Crippen LogP contribution in [0.5, 0.6) is 0 Å². The third kappa shape index (κ3) is 3.91. The molecule has 0 saturated carbocycles. The van der Waals surface area contributed by atoms with Gasteiger partial charge in [0.15, 0.2) is 11.2 Å². The summed E-state index contributed by atoms with van der Waals surface area (Å²) in [6.07, 6.45) is 5.98. The summed E-state index contributed by atoms with van der Waals surface area (Å²) < 4.78 is 2.81. The molecule has 3 aromatic heterocycles. The Hall–Kier alpha value is -4.20. The first-order valence-corrected chi connectivity index (χ1v) is 8.89. The van der Waals surface area contributed by atoms with Crippen LogP contribution >= 0.6 is 0 Å². The van der Waals surface area contributed by atoms with Crippen molar-refractivity contribution in [3.63, 3.8) is 0 Å². The predicted molar refractivity (Wildman–Crippen MR) is 107 cm³/mol. The number of H-pyrrole nitrogens is 1. The zero-order valence-electron chi connectivity index (χ0n) is 15.3. The van der Waals surface area contributed by atoms with E-state index in [0.29, 0.717) is 23.6 Å². The van der Waals surface area contributed by atoms with Crippen LogP contribution < -0.4 is 16.3 Å². The van der Waals surface area contributed by atoms with Gasteiger partial charge < -0.3 is 9.88 Å². The second-order valence-corrected chi connectivity index (χ2v) is 6.31. The van der Waals surface area contributed by atoms with Gasteiger partial charge in [0.2, 0.25) is 0 Å². The van der Waals surface area contributed by atoms with Crippen LogP contribution in [0.4, 0.5) is 0 Å². The lowest BCUT2D eigenvalue weighted by Gasteiger charge is -2.06. The minimum Gasteiger partial charge on any atom is -0.348 e. The monoisotopic (exact) mass is 387 g/mol. The van der Waals surface area contributed by atoms with Crippen LogP contribution in [0.2, 0.25) is 0 Å². The van der Waals surface area contributed by atoms with E-state index in [1.165, 1.54) is 41.6 Å². The Labute approximate surface area is 165 Å². The van der Waals surface area contributed by atoms with Crippen LogP contribution in [0.3, 0.4) is 0 Å². The summed E-state index contributed by atoms with van der Waals surface area (Å²) in [5, 5.41) is 5.67. The number of nitrogens with zero attached hydrogens (tertiary/aromatic N) is 3. The summed E-state index contributed by atoms with van der Waals surface area (Å²) in [5.74, 6) is 0.0996. The smallest absolute Gasteiger partial charge is 0.296 e. The number of rotatable bonds is 5. The molecule has 0 saturated heterocycles. The molecule has 2 N–H and O–H groups in total. The number of hydrogen-bond acceptors (Lipinski definition) is 4. The van der Waals surface area contributed by atoms with Crippen molar-refractivity contribution in [2.24, 2.45) is 0 Å². The molecule has 1 amide bonds. The van der Waals surface area contributed by atoms with E-state index in [0.717, 1.165) is 5.56 Å². The van der Waals surface area contributed by atoms with Gasteiger partial charge in [-0.05, 0) is 17.7 Å². The molecule has 3 heterocycles. The number of carbonyl (C=O) groups excluding carboxylic acids is 1. The van der Waals surface area contributed by atoms with Gasteiger partial charge in [-0.1, -0.05) is 30.3 Å². The van der Waals surface area contributed by atoms with Gasteiger partial charge in [0.1, 0.15) is 5.69 Å². The summed E-state index contributed by atoms with van der Waals surface area (Å²) in [6.45, 7) is 0.417. The van der Waals surface area contributed by atoms with Crippen LogP contribution in [0.15, 0.2) is 89.0 Å². The lowest BCUT2D eigenvalue weighted by Crippen LogP contribution is -2.23. The van der Waals surface area contributed by atoms with E-state index in [2.05, 4.69) is 15.4 Å². The topological polar surface area (TPSA) is 102 Å². The van der Waals surface area contributed by atoms with Gasteiger partial charge in [0.25, 0.3) is 11.5 Å². The third-order valence-corrected chi connectivity index (χ3v) is 4.36. The summed E-state index contributed by atoms with van der Waals surface area (Å²) in [5.41, 5.74) is 1.27. The molecule has 0 spiro atoms. The molecule has 4 aromatic rings. The molecule has 0 fully saturated rings. The maximum Gasteiger partial charge on any atom is 0.296 e. The Bertz CT molecular complexity index is 1230. The zero-order valence-corrected chi connectivity index (χ0v) is 15.3. The van der Waals surface area contributed by atoms with Crippen molar-refractivity contribution in [1.82, 2.24) is 24.6 Å². The number of aromatic amines is 1. The van der Waals surface area contributed by atoms with Crippen molar-refractivity contribution < 1.29 is 4.79 Å². The minimum absolute atomic E-state index is 0.139. The Morgan fingerprint density at radius 1 is 1.00 bits per heavy atom. The van der Waals surface area contributed by atoms with Gasteiger partial charge in [-0.2, -0.15) is 4.68 Å². The normalized spacial score (nSPS) is 10.6. The Morgan fingerprint density at radius 2 is 1.76 bits per heavy atom. The van der Waals surface area contributed by atoms with E-state index >= 15 is 0 Å². The van der Waals surface area contributed by atoms with Gasteiger partial charge in [-0.25, -0.2) is 4.98 Å². The Balaban J connectivity index is 1.51. The second kappa shape index (κ2) is 7.81. The number of pyridine rings is 2. The molecule has 0 radical (unpaired) electrons. The van der Waals surface area contributed by atoms with Gasteiger partial charge in [0, 0.05) is 43.5 Å². The van der Waals surface area contributed by atoms with Crippen molar-refractivity contribution in [3.8, 4) is 11.5 Å². The highest BCUT2D eigenvalue weighted by atomic mass is 16.2. The predicted octanol–water partition coefficient (Wildman–Crippen LogP) is 1.64. The van der Waals surface area contributed by atoms with E-state index in [-0.39, 0.29) is 16.9 Å². The summed E-state index contributed by atoms with van der Waals surface area (Å²) in [6, 6.07) is 15.5. The van der Waals surface area contributed by atoms with Crippen molar-refractivity contribution in [3.05, 3.63) is 111 Å². The number of benzene rings is 1. The van der Waals surface area contributed by atoms with E-state index in [1.54, 1.807) is 16.7 Å². The van der Waals surface area contributed by atoms with Crippen LogP contribution in [-0.2, 0) is 6.54 Å². The van der Waals surface area contributed by atoms with E-state index in [1.807, 2.05) is 30.3 Å². The minimum atomic E-state index is -0.331. The molecule has 144 valence electrons. The molecule has 0 atom stereocenters.